The molecular formula is C111H284N8O10S2. The number of rotatable bonds is 57. The van der Waals surface area contributed by atoms with Crippen LogP contribution in [-0.2, 0) is 33.6 Å². The minimum absolute atomic E-state index is 0. The van der Waals surface area contributed by atoms with Gasteiger partial charge in [0.15, 0.2) is 0 Å². The van der Waals surface area contributed by atoms with Crippen LogP contribution in [-0.4, -0.2) is 273 Å². The summed E-state index contributed by atoms with van der Waals surface area (Å²) in [4.78, 5) is 35.8. The van der Waals surface area contributed by atoms with Gasteiger partial charge < -0.3 is 69.2 Å². The maximum atomic E-state index is 11.6. The van der Waals surface area contributed by atoms with Crippen molar-refractivity contribution >= 4 is 33.6 Å². The molecule has 2 amide bonds. The van der Waals surface area contributed by atoms with E-state index in [4.69, 9.17) is 19.7 Å². The molecule has 0 bridgehead atoms. The Kier molecular flexibility index (Phi) is 328. The van der Waals surface area contributed by atoms with Crippen LogP contribution in [0.25, 0.3) is 0 Å². The lowest BCUT2D eigenvalue weighted by molar-refractivity contribution is -0.128. The average molecular weight is 1960 g/mol. The van der Waals surface area contributed by atoms with E-state index < -0.39 is 15.4 Å². The number of ether oxygens (including phenoxy) is 4. The second-order valence-corrected chi connectivity index (χ2v) is 33.6. The molecule has 0 aromatic rings. The summed E-state index contributed by atoms with van der Waals surface area (Å²) in [7, 11) is 0.622. The van der Waals surface area contributed by atoms with Crippen molar-refractivity contribution in [1.29, 1.82) is 0 Å². The van der Waals surface area contributed by atoms with E-state index in [1.165, 1.54) is 192 Å². The molecule has 0 rings (SSSR count). The number of thioether (sulfide) groups is 1. The van der Waals surface area contributed by atoms with E-state index >= 15 is 0 Å². The fraction of sp³-hybridized carbons (Fsp3) is 0.982. The van der Waals surface area contributed by atoms with Crippen LogP contribution in [0, 0.1) is 0 Å². The second kappa shape index (κ2) is 203. The van der Waals surface area contributed by atoms with Crippen LogP contribution in [0.1, 0.15) is 520 Å². The Balaban J connectivity index is -0.0000000316. The molecule has 0 saturated carbocycles. The Bertz CT molecular complexity index is 1560. The molecule has 0 saturated heterocycles. The van der Waals surface area contributed by atoms with Gasteiger partial charge in [-0.3, -0.25) is 4.79 Å². The third-order valence-electron chi connectivity index (χ3n) is 15.8. The molecule has 18 nitrogen and oxygen atoms in total. The van der Waals surface area contributed by atoms with Crippen molar-refractivity contribution in [1.82, 2.24) is 40.0 Å². The predicted molar refractivity (Wildman–Crippen MR) is 630 cm³/mol. The van der Waals surface area contributed by atoms with Crippen molar-refractivity contribution in [2.24, 2.45) is 0 Å². The zero-order valence-corrected chi connectivity index (χ0v) is 87.7. The minimum Gasteiger partial charge on any atom is -0.444 e. The zero-order chi connectivity index (χ0) is 92.5. The number of hydrogen-bond donors (Lipinski definition) is 4. The first-order valence-corrected chi connectivity index (χ1v) is 51.5. The van der Waals surface area contributed by atoms with Gasteiger partial charge in [-0.25, -0.2) is 13.2 Å². The summed E-state index contributed by atoms with van der Waals surface area (Å²) < 4.78 is 41.4. The molecule has 0 fully saturated rings. The highest BCUT2D eigenvalue weighted by Gasteiger charge is 2.21. The molecule has 0 radical (unpaired) electrons. The molecule has 0 spiro atoms. The maximum absolute atomic E-state index is 11.6. The molecule has 0 unspecified atom stereocenters. The van der Waals surface area contributed by atoms with Gasteiger partial charge in [0.25, 0.3) is 0 Å². The van der Waals surface area contributed by atoms with E-state index in [2.05, 4.69) is 238 Å². The molecule has 0 aliphatic heterocycles. The number of sulfone groups is 1. The summed E-state index contributed by atoms with van der Waals surface area (Å²) in [5.41, 5.74) is -0.392. The Labute approximate surface area is 848 Å². The fourth-order valence-corrected chi connectivity index (χ4v) is 12.3. The van der Waals surface area contributed by atoms with Crippen LogP contribution in [0.5, 0.6) is 0 Å². The number of carbonyl (C=O) groups excluding carboxylic acids is 2. The number of hydrogen-bond acceptors (Lipinski definition) is 17. The Morgan fingerprint density at radius 3 is 0.832 bits per heavy atom. The number of nitrogens with zero attached hydrogens (tertiary/aromatic N) is 6. The minimum atomic E-state index is -2.68. The van der Waals surface area contributed by atoms with E-state index in [1.807, 2.05) is 39.5 Å². The Hall–Kier alpha value is -1.40. The van der Waals surface area contributed by atoms with E-state index in [-0.39, 0.29) is 123 Å². The number of aliphatic hydroxyl groups is 2. The topological polar surface area (TPSA) is 189 Å². The quantitative estimate of drug-likeness (QED) is 0.0421. The summed E-state index contributed by atoms with van der Waals surface area (Å²) in [6.07, 6.45) is 33.6. The van der Waals surface area contributed by atoms with Gasteiger partial charge in [0, 0.05) is 97.8 Å². The summed E-state index contributed by atoms with van der Waals surface area (Å²) in [5, 5.41) is 23.7. The number of aliphatic hydroxyl groups excluding tert-OH is 2. The predicted octanol–water partition coefficient (Wildman–Crippen LogP) is 34.1. The van der Waals surface area contributed by atoms with Crippen LogP contribution in [0.2, 0.25) is 0 Å². The second-order valence-electron chi connectivity index (χ2n) is 30.0. The summed E-state index contributed by atoms with van der Waals surface area (Å²) >= 11 is 2.05. The lowest BCUT2D eigenvalue weighted by atomic mass is 10.2. The molecule has 0 aromatic heterocycles. The van der Waals surface area contributed by atoms with Gasteiger partial charge in [0.2, 0.25) is 5.91 Å². The van der Waals surface area contributed by atoms with Crippen LogP contribution in [0.3, 0.4) is 0 Å². The van der Waals surface area contributed by atoms with Crippen LogP contribution in [0.15, 0.2) is 0 Å². The molecule has 4 N–H and O–H groups in total. The van der Waals surface area contributed by atoms with E-state index in [0.29, 0.717) is 44.0 Å². The molecule has 0 aliphatic carbocycles. The standard InChI is InChI=1S/C11H23NO2.C9H21NO.C8H17NO.C8H19NO.C8H19N.C7H17N.C7H16.C6H15N.C6H14O2S.C6H14O.C6H14S.C6H14.C4H11N.C4H10O2.15CH4/c1-6-8-12(9-7-2)10(13)14-11(3,4)5;1-3-6-10(7-4-2)8-5-9-11;1-4-6-9(7-5-2)8(3)10;1-3-5-9(6-4-2)7-8-10;1-4-7-9(6-3)8-5-2;1-5-8(6-2)7(3)4;2*1-3-5-7-6-4-2;1-3-5-9(7,8)6-4-2;2*1-3-5-7-6-4-2;1-3-5-6-4-2;1-3-5-4-2;1-5-3-4-6-2;;;;;;;;;;;;;;;/h6-9H2,1-5H3;11H,3-9H2,1-2H3;4-7H2,1-3H3;10H,3-8H2,1-2H3;4-8H2,1-3H3;7H,5-6H2,1-4H3;3-7H2,1-2H3;7H,3-6H2,1-2H3;3-6H2,1-2H3;2*3-6H2,1-2H3;3-6H2,1-2H3;5H,3-4H2,1-2H3;3-4H2,1-2H3;15*1H4. The van der Waals surface area contributed by atoms with Gasteiger partial charge in [0.05, 0.1) is 19.8 Å². The molecule has 0 aliphatic rings. The fourth-order valence-electron chi connectivity index (χ4n) is 10.1. The van der Waals surface area contributed by atoms with Crippen molar-refractivity contribution in [2.75, 3.05) is 201 Å². The molecule has 20 heteroatoms. The van der Waals surface area contributed by atoms with Crippen molar-refractivity contribution in [2.45, 2.75) is 531 Å². The summed E-state index contributed by atoms with van der Waals surface area (Å²) in [6, 6.07) is 0.713. The summed E-state index contributed by atoms with van der Waals surface area (Å²) in [5.74, 6) is 3.58. The maximum Gasteiger partial charge on any atom is 0.410 e. The number of nitrogens with one attached hydrogen (secondary N) is 2. The van der Waals surface area contributed by atoms with Crippen molar-refractivity contribution in [3.63, 3.8) is 0 Å². The van der Waals surface area contributed by atoms with Crippen molar-refractivity contribution in [3.8, 4) is 0 Å². The lowest BCUT2D eigenvalue weighted by Gasteiger charge is -2.26. The SMILES string of the molecule is C.C.C.C.C.C.C.C.C.C.C.C.C.C.C.CCCCCC.CCCCCCC.CCCN(CC)CCC.CCCN(CCC)C(=O)OC(C)(C)C.CCCN(CCC)C(C)=O.CCCN(CCC)CCCO.CCCN(CCC)CCO.CCCNCCC.CCCOCCC.CCCS(=O)(=O)CCC.CCCSCCC.CCN(CC)C(C)C.CCNCC.COCCOC. The molecule has 840 valence electrons. The van der Waals surface area contributed by atoms with Gasteiger partial charge in [-0.15, -0.1) is 0 Å². The van der Waals surface area contributed by atoms with Crippen LogP contribution >= 0.6 is 11.8 Å². The highest BCUT2D eigenvalue weighted by molar-refractivity contribution is 7.99. The van der Waals surface area contributed by atoms with Crippen molar-refractivity contribution in [3.05, 3.63) is 0 Å². The molecule has 131 heavy (non-hydrogen) atoms. The van der Waals surface area contributed by atoms with Gasteiger partial charge in [-0.2, -0.15) is 11.8 Å². The highest BCUT2D eigenvalue weighted by atomic mass is 32.2. The first-order chi connectivity index (χ1) is 55.4. The number of methoxy groups -OCH3 is 2. The van der Waals surface area contributed by atoms with E-state index in [0.717, 1.165) is 136 Å². The first-order valence-electron chi connectivity index (χ1n) is 48.5. The number of amides is 2. The van der Waals surface area contributed by atoms with Gasteiger partial charge in [-0.1, -0.05) is 356 Å². The third-order valence-corrected chi connectivity index (χ3v) is 19.2. The average Bonchev–Trinajstić information content (AvgIpc) is 0.902. The Morgan fingerprint density at radius 2 is 0.634 bits per heavy atom. The monoisotopic (exact) mass is 1950 g/mol. The van der Waals surface area contributed by atoms with Gasteiger partial charge in [-0.05, 0) is 253 Å². The highest BCUT2D eigenvalue weighted by Crippen LogP contribution is 2.11. The van der Waals surface area contributed by atoms with Crippen molar-refractivity contribution < 1.29 is 47.2 Å². The normalized spacial score (nSPS) is 9.05. The van der Waals surface area contributed by atoms with E-state index in [9.17, 15) is 18.0 Å². The summed E-state index contributed by atoms with van der Waals surface area (Å²) in [6.45, 7) is 94.2. The largest absolute Gasteiger partial charge is 0.444 e. The number of unbranched alkanes of at least 4 members (excludes halogenated alkanes) is 7. The van der Waals surface area contributed by atoms with E-state index in [1.54, 1.807) is 26.0 Å². The molecule has 0 aromatic carbocycles. The van der Waals surface area contributed by atoms with Crippen LogP contribution < -0.4 is 10.6 Å². The van der Waals surface area contributed by atoms with Crippen LogP contribution in [0.4, 0.5) is 4.79 Å². The molecule has 0 atom stereocenters. The van der Waals surface area contributed by atoms with Gasteiger partial charge >= 0.3 is 6.09 Å². The Morgan fingerprint density at radius 1 is 0.336 bits per heavy atom. The third kappa shape index (κ3) is 251. The van der Waals surface area contributed by atoms with Gasteiger partial charge in [0.1, 0.15) is 15.4 Å². The lowest BCUT2D eigenvalue weighted by Crippen LogP contribution is -2.37. The smallest absolute Gasteiger partial charge is 0.410 e. The molecule has 0 heterocycles. The first kappa shape index (κ1) is 212. The zero-order valence-electron chi connectivity index (χ0n) is 86.0. The number of carbonyl (C=O) groups is 2. The molecular weight excluding hydrogens is 1670 g/mol.